The second kappa shape index (κ2) is 8.71. The number of piperazine rings is 1. The van der Waals surface area contributed by atoms with Gasteiger partial charge in [0.15, 0.2) is 6.29 Å². The van der Waals surface area contributed by atoms with Gasteiger partial charge >= 0.3 is 0 Å². The summed E-state index contributed by atoms with van der Waals surface area (Å²) in [4.78, 5) is 20.3. The number of nitrogens with one attached hydrogen (secondary N) is 2. The normalized spacial score (nSPS) is 28.1. The summed E-state index contributed by atoms with van der Waals surface area (Å²) in [6.07, 6.45) is 2.96. The van der Waals surface area contributed by atoms with Crippen molar-refractivity contribution in [1.82, 2.24) is 25.1 Å². The van der Waals surface area contributed by atoms with E-state index < -0.39 is 6.35 Å². The number of carbonyl (C=O) groups excluding carboxylic acids is 1. The molecule has 0 radical (unpaired) electrons. The summed E-state index contributed by atoms with van der Waals surface area (Å²) >= 11 is 0. The van der Waals surface area contributed by atoms with Crippen molar-refractivity contribution < 1.29 is 19.4 Å². The second-order valence-corrected chi connectivity index (χ2v) is 8.47. The van der Waals surface area contributed by atoms with Crippen LogP contribution >= 0.6 is 0 Å². The fourth-order valence-electron chi connectivity index (χ4n) is 4.53. The van der Waals surface area contributed by atoms with Gasteiger partial charge in [-0.3, -0.25) is 9.69 Å². The van der Waals surface area contributed by atoms with Crippen LogP contribution < -0.4 is 15.5 Å². The SMILES string of the molecule is Cc1cn(C2COC(CN3CCNCC3)OC2)c2ncc(N3CCC(=O)NC3O)cc12. The Kier molecular flexibility index (Phi) is 5.81. The number of pyridine rings is 1. The van der Waals surface area contributed by atoms with Crippen molar-refractivity contribution >= 4 is 22.6 Å². The number of amides is 1. The minimum absolute atomic E-state index is 0.0636. The molecule has 1 amide bonds. The zero-order valence-corrected chi connectivity index (χ0v) is 17.8. The Morgan fingerprint density at radius 1 is 1.23 bits per heavy atom. The Labute approximate surface area is 181 Å². The van der Waals surface area contributed by atoms with Crippen molar-refractivity contribution in [3.05, 3.63) is 24.0 Å². The largest absolute Gasteiger partial charge is 0.356 e. The molecule has 10 heteroatoms. The molecular weight excluding hydrogens is 400 g/mol. The molecule has 5 rings (SSSR count). The van der Waals surface area contributed by atoms with Crippen molar-refractivity contribution in [2.24, 2.45) is 0 Å². The number of fused-ring (bicyclic) bond motifs is 1. The number of aromatic nitrogens is 2. The van der Waals surface area contributed by atoms with Gasteiger partial charge in [-0.1, -0.05) is 0 Å². The van der Waals surface area contributed by atoms with Crippen LogP contribution in [0.2, 0.25) is 0 Å². The molecule has 3 aliphatic rings. The molecule has 168 valence electrons. The Hall–Kier alpha value is -2.24. The van der Waals surface area contributed by atoms with Crippen molar-refractivity contribution in [3.8, 4) is 0 Å². The molecule has 1 atom stereocenters. The highest BCUT2D eigenvalue weighted by atomic mass is 16.7. The molecule has 3 saturated heterocycles. The zero-order valence-electron chi connectivity index (χ0n) is 17.8. The van der Waals surface area contributed by atoms with E-state index >= 15 is 0 Å². The van der Waals surface area contributed by atoms with Gasteiger partial charge in [0.25, 0.3) is 0 Å². The summed E-state index contributed by atoms with van der Waals surface area (Å²) in [5.74, 6) is -0.146. The van der Waals surface area contributed by atoms with Crippen LogP contribution in [0.1, 0.15) is 18.0 Å². The maximum atomic E-state index is 11.5. The molecule has 2 aromatic rings. The Morgan fingerprint density at radius 3 is 2.74 bits per heavy atom. The van der Waals surface area contributed by atoms with Crippen LogP contribution in [0.3, 0.4) is 0 Å². The molecule has 0 aliphatic carbocycles. The molecule has 0 spiro atoms. The number of rotatable bonds is 4. The van der Waals surface area contributed by atoms with Crippen LogP contribution in [-0.4, -0.2) is 90.6 Å². The highest BCUT2D eigenvalue weighted by Gasteiger charge is 2.28. The number of hydrogen-bond acceptors (Lipinski definition) is 8. The van der Waals surface area contributed by atoms with E-state index in [2.05, 4.69) is 38.2 Å². The van der Waals surface area contributed by atoms with E-state index in [0.29, 0.717) is 26.2 Å². The molecule has 0 aromatic carbocycles. The minimum Gasteiger partial charge on any atom is -0.356 e. The van der Waals surface area contributed by atoms with Crippen molar-refractivity contribution in [1.29, 1.82) is 0 Å². The van der Waals surface area contributed by atoms with E-state index in [4.69, 9.17) is 9.47 Å². The quantitative estimate of drug-likeness (QED) is 0.611. The summed E-state index contributed by atoms with van der Waals surface area (Å²) < 4.78 is 14.2. The third-order valence-electron chi connectivity index (χ3n) is 6.31. The van der Waals surface area contributed by atoms with Gasteiger partial charge in [0.05, 0.1) is 31.1 Å². The number of aliphatic hydroxyl groups is 1. The Bertz CT molecular complexity index is 935. The van der Waals surface area contributed by atoms with E-state index in [1.165, 1.54) is 0 Å². The molecule has 1 unspecified atom stereocenters. The van der Waals surface area contributed by atoms with Gasteiger partial charge in [-0.15, -0.1) is 0 Å². The van der Waals surface area contributed by atoms with E-state index in [-0.39, 0.29) is 18.2 Å². The first-order valence-corrected chi connectivity index (χ1v) is 11.0. The second-order valence-electron chi connectivity index (χ2n) is 8.47. The molecule has 0 bridgehead atoms. The summed E-state index contributed by atoms with van der Waals surface area (Å²) in [7, 11) is 0. The van der Waals surface area contributed by atoms with Crippen LogP contribution in [0, 0.1) is 6.92 Å². The fraction of sp³-hybridized carbons (Fsp3) is 0.619. The summed E-state index contributed by atoms with van der Waals surface area (Å²) in [6, 6.07) is 2.08. The lowest BCUT2D eigenvalue weighted by molar-refractivity contribution is -0.203. The number of aliphatic hydroxyl groups excluding tert-OH is 1. The smallest absolute Gasteiger partial charge is 0.225 e. The third kappa shape index (κ3) is 4.26. The van der Waals surface area contributed by atoms with Crippen LogP contribution in [-0.2, 0) is 14.3 Å². The fourth-order valence-corrected chi connectivity index (χ4v) is 4.53. The molecule has 10 nitrogen and oxygen atoms in total. The van der Waals surface area contributed by atoms with E-state index in [0.717, 1.165) is 55.0 Å². The van der Waals surface area contributed by atoms with Gasteiger partial charge in [-0.2, -0.15) is 0 Å². The zero-order chi connectivity index (χ0) is 21.4. The lowest BCUT2D eigenvalue weighted by Gasteiger charge is -2.35. The predicted octanol–water partition coefficient (Wildman–Crippen LogP) is -0.234. The summed E-state index contributed by atoms with van der Waals surface area (Å²) in [6.45, 7) is 8.55. The number of anilines is 1. The molecule has 3 fully saturated rings. The van der Waals surface area contributed by atoms with Crippen molar-refractivity contribution in [2.75, 3.05) is 57.4 Å². The maximum Gasteiger partial charge on any atom is 0.225 e. The molecule has 3 aliphatic heterocycles. The topological polar surface area (TPSA) is 104 Å². The number of hydrogen-bond donors (Lipinski definition) is 3. The molecule has 2 aromatic heterocycles. The Morgan fingerprint density at radius 2 is 2.00 bits per heavy atom. The van der Waals surface area contributed by atoms with Gasteiger partial charge in [0, 0.05) is 57.3 Å². The molecular formula is C21H30N6O4. The van der Waals surface area contributed by atoms with Gasteiger partial charge in [0.1, 0.15) is 5.65 Å². The van der Waals surface area contributed by atoms with Crippen molar-refractivity contribution in [3.63, 3.8) is 0 Å². The minimum atomic E-state index is -1.03. The highest BCUT2D eigenvalue weighted by molar-refractivity contribution is 5.84. The van der Waals surface area contributed by atoms with Crippen LogP contribution in [0.15, 0.2) is 18.5 Å². The first-order chi connectivity index (χ1) is 15.1. The lowest BCUT2D eigenvalue weighted by Crippen LogP contribution is -2.54. The van der Waals surface area contributed by atoms with Gasteiger partial charge in [-0.25, -0.2) is 4.98 Å². The average Bonchev–Trinajstić information content (AvgIpc) is 3.11. The first-order valence-electron chi connectivity index (χ1n) is 11.0. The van der Waals surface area contributed by atoms with Gasteiger partial charge in [-0.05, 0) is 18.6 Å². The molecule has 31 heavy (non-hydrogen) atoms. The first kappa shape index (κ1) is 20.7. The van der Waals surface area contributed by atoms with Gasteiger partial charge < -0.3 is 34.7 Å². The number of carbonyl (C=O) groups is 1. The number of aryl methyl sites for hydroxylation is 1. The molecule has 0 saturated carbocycles. The average molecular weight is 431 g/mol. The molecule has 5 heterocycles. The molecule has 3 N–H and O–H groups in total. The van der Waals surface area contributed by atoms with Crippen molar-refractivity contribution in [2.45, 2.75) is 32.0 Å². The van der Waals surface area contributed by atoms with E-state index in [1.807, 2.05) is 6.07 Å². The van der Waals surface area contributed by atoms with Gasteiger partial charge in [0.2, 0.25) is 12.3 Å². The predicted molar refractivity (Wildman–Crippen MR) is 115 cm³/mol. The standard InChI is InChI=1S/C21H30N6O4/c1-14-10-27(16-12-30-19(31-13-16)11-25-6-3-22-4-7-25)20-17(14)8-15(9-23-20)26-5-2-18(28)24-21(26)29/h8-10,16,19,21-22,29H,2-7,11-13H2,1H3,(H,24,28). The Balaban J connectivity index is 1.28. The van der Waals surface area contributed by atoms with E-state index in [1.54, 1.807) is 11.1 Å². The van der Waals surface area contributed by atoms with E-state index in [9.17, 15) is 9.90 Å². The highest BCUT2D eigenvalue weighted by Crippen LogP contribution is 2.29. The number of ether oxygens (including phenoxy) is 2. The monoisotopic (exact) mass is 430 g/mol. The van der Waals surface area contributed by atoms with Crippen LogP contribution in [0.5, 0.6) is 0 Å². The number of nitrogens with zero attached hydrogens (tertiary/aromatic N) is 4. The van der Waals surface area contributed by atoms with Crippen LogP contribution in [0.4, 0.5) is 5.69 Å². The third-order valence-corrected chi connectivity index (χ3v) is 6.31. The summed E-state index contributed by atoms with van der Waals surface area (Å²) in [5.41, 5.74) is 2.76. The maximum absolute atomic E-state index is 11.5. The lowest BCUT2D eigenvalue weighted by atomic mass is 10.2. The van der Waals surface area contributed by atoms with Crippen LogP contribution in [0.25, 0.3) is 11.0 Å². The summed E-state index contributed by atoms with van der Waals surface area (Å²) in [5, 5.41) is 17.1.